The van der Waals surface area contributed by atoms with Crippen LogP contribution in [0.2, 0.25) is 0 Å². The molecule has 4 heteroatoms. The zero-order chi connectivity index (χ0) is 11.3. The first kappa shape index (κ1) is 12.7. The summed E-state index contributed by atoms with van der Waals surface area (Å²) in [6, 6.07) is 5.96. The number of hydrogen-bond acceptors (Lipinski definition) is 2. The van der Waals surface area contributed by atoms with Gasteiger partial charge in [0, 0.05) is 21.1 Å². The maximum absolute atomic E-state index is 5.60. The predicted octanol–water partition coefficient (Wildman–Crippen LogP) is 3.46. The normalized spacial score (nSPS) is 10.1. The second-order valence-electron chi connectivity index (χ2n) is 3.09. The molecule has 0 aliphatic heterocycles. The van der Waals surface area contributed by atoms with Crippen LogP contribution in [0.1, 0.15) is 5.56 Å². The third-order valence-corrected chi connectivity index (χ3v) is 2.50. The fraction of sp³-hybridized carbons (Fsp3) is 0.273. The summed E-state index contributed by atoms with van der Waals surface area (Å²) in [5.74, 6) is 0.883. The molecule has 0 fully saturated rings. The molecule has 1 aromatic rings. The highest BCUT2D eigenvalue weighted by molar-refractivity contribution is 9.11. The maximum Gasteiger partial charge on any atom is 0.124 e. The van der Waals surface area contributed by atoms with Crippen LogP contribution in [0.4, 0.5) is 0 Å². The summed E-state index contributed by atoms with van der Waals surface area (Å²) in [5.41, 5.74) is 1.13. The van der Waals surface area contributed by atoms with Crippen LogP contribution < -0.4 is 10.1 Å². The monoisotopic (exact) mass is 333 g/mol. The smallest absolute Gasteiger partial charge is 0.124 e. The highest BCUT2D eigenvalue weighted by atomic mass is 79.9. The topological polar surface area (TPSA) is 21.3 Å². The fourth-order valence-electron chi connectivity index (χ4n) is 1.17. The van der Waals surface area contributed by atoms with Gasteiger partial charge < -0.3 is 10.1 Å². The number of hydrogen-bond donors (Lipinski definition) is 1. The van der Waals surface area contributed by atoms with E-state index < -0.39 is 0 Å². The van der Waals surface area contributed by atoms with Crippen molar-refractivity contribution in [3.8, 4) is 5.75 Å². The van der Waals surface area contributed by atoms with Gasteiger partial charge in [-0.05, 0) is 25.2 Å². The molecule has 0 radical (unpaired) electrons. The lowest BCUT2D eigenvalue weighted by Gasteiger charge is -2.11. The summed E-state index contributed by atoms with van der Waals surface area (Å²) in [5, 5.41) is 3.10. The molecule has 82 valence electrons. The Bertz CT molecular complexity index is 352. The minimum absolute atomic E-state index is 0.484. The molecule has 0 heterocycles. The minimum Gasteiger partial charge on any atom is -0.488 e. The maximum atomic E-state index is 5.60. The summed E-state index contributed by atoms with van der Waals surface area (Å²) in [7, 11) is 1.91. The molecule has 0 aliphatic rings. The van der Waals surface area contributed by atoms with E-state index in [-0.39, 0.29) is 0 Å². The van der Waals surface area contributed by atoms with E-state index in [9.17, 15) is 0 Å². The first-order valence-electron chi connectivity index (χ1n) is 4.52. The second kappa shape index (κ2) is 6.30. The molecule has 0 amide bonds. The highest BCUT2D eigenvalue weighted by Crippen LogP contribution is 2.23. The number of rotatable bonds is 5. The van der Waals surface area contributed by atoms with Crippen LogP contribution in [0.15, 0.2) is 33.7 Å². The van der Waals surface area contributed by atoms with Crippen LogP contribution in [0.3, 0.4) is 0 Å². The van der Waals surface area contributed by atoms with Crippen molar-refractivity contribution in [3.63, 3.8) is 0 Å². The van der Waals surface area contributed by atoms with E-state index in [1.807, 2.05) is 25.2 Å². The SMILES string of the molecule is C=C(Br)COc1ccc(Br)cc1CNC. The Balaban J connectivity index is 2.80. The van der Waals surface area contributed by atoms with E-state index >= 15 is 0 Å². The molecule has 2 nitrogen and oxygen atoms in total. The van der Waals surface area contributed by atoms with Gasteiger partial charge in [0.05, 0.1) is 0 Å². The van der Waals surface area contributed by atoms with Crippen molar-refractivity contribution < 1.29 is 4.74 Å². The van der Waals surface area contributed by atoms with E-state index in [0.29, 0.717) is 6.61 Å². The zero-order valence-electron chi connectivity index (χ0n) is 8.52. The van der Waals surface area contributed by atoms with Crippen molar-refractivity contribution in [1.82, 2.24) is 5.32 Å². The van der Waals surface area contributed by atoms with Crippen LogP contribution in [-0.4, -0.2) is 13.7 Å². The summed E-state index contributed by atoms with van der Waals surface area (Å²) >= 11 is 6.70. The van der Waals surface area contributed by atoms with Gasteiger partial charge in [0.15, 0.2) is 0 Å². The van der Waals surface area contributed by atoms with Crippen molar-refractivity contribution in [2.24, 2.45) is 0 Å². The average molecular weight is 335 g/mol. The Hall–Kier alpha value is -0.320. The first-order valence-corrected chi connectivity index (χ1v) is 6.11. The highest BCUT2D eigenvalue weighted by Gasteiger charge is 2.03. The van der Waals surface area contributed by atoms with Crippen molar-refractivity contribution in [2.75, 3.05) is 13.7 Å². The van der Waals surface area contributed by atoms with Crippen molar-refractivity contribution >= 4 is 31.9 Å². The largest absolute Gasteiger partial charge is 0.488 e. The van der Waals surface area contributed by atoms with Gasteiger partial charge in [-0.2, -0.15) is 0 Å². The van der Waals surface area contributed by atoms with E-state index in [1.165, 1.54) is 0 Å². The van der Waals surface area contributed by atoms with Gasteiger partial charge in [0.25, 0.3) is 0 Å². The van der Waals surface area contributed by atoms with Crippen molar-refractivity contribution in [1.29, 1.82) is 0 Å². The molecular formula is C11H13Br2NO. The average Bonchev–Trinajstić information content (AvgIpc) is 2.17. The molecule has 0 aromatic heterocycles. The lowest BCUT2D eigenvalue weighted by atomic mass is 10.2. The molecule has 0 atom stereocenters. The van der Waals surface area contributed by atoms with Gasteiger partial charge in [-0.25, -0.2) is 0 Å². The van der Waals surface area contributed by atoms with E-state index in [0.717, 1.165) is 26.8 Å². The van der Waals surface area contributed by atoms with Crippen LogP contribution >= 0.6 is 31.9 Å². The van der Waals surface area contributed by atoms with E-state index in [4.69, 9.17) is 4.74 Å². The van der Waals surface area contributed by atoms with Gasteiger partial charge >= 0.3 is 0 Å². The number of nitrogens with one attached hydrogen (secondary N) is 1. The van der Waals surface area contributed by atoms with Crippen molar-refractivity contribution in [2.45, 2.75) is 6.54 Å². The summed E-state index contributed by atoms with van der Waals surface area (Å²) in [6.07, 6.45) is 0. The number of benzene rings is 1. The van der Waals surface area contributed by atoms with E-state index in [1.54, 1.807) is 0 Å². The third kappa shape index (κ3) is 4.36. The third-order valence-electron chi connectivity index (χ3n) is 1.77. The predicted molar refractivity (Wildman–Crippen MR) is 70.5 cm³/mol. The van der Waals surface area contributed by atoms with Crippen LogP contribution in [0.25, 0.3) is 0 Å². The Labute approximate surface area is 107 Å². The molecule has 0 spiro atoms. The molecule has 0 aliphatic carbocycles. The molecule has 1 rings (SSSR count). The molecule has 15 heavy (non-hydrogen) atoms. The Morgan fingerprint density at radius 3 is 2.87 bits per heavy atom. The lowest BCUT2D eigenvalue weighted by Crippen LogP contribution is -2.08. The number of ether oxygens (including phenoxy) is 1. The molecule has 0 bridgehead atoms. The van der Waals surface area contributed by atoms with Crippen LogP contribution in [0.5, 0.6) is 5.75 Å². The summed E-state index contributed by atoms with van der Waals surface area (Å²) < 4.78 is 7.49. The standard InChI is InChI=1S/C11H13Br2NO/c1-8(12)7-15-11-4-3-10(13)5-9(11)6-14-2/h3-5,14H,1,6-7H2,2H3. The van der Waals surface area contributed by atoms with Crippen LogP contribution in [-0.2, 0) is 6.54 Å². The summed E-state index contributed by atoms with van der Waals surface area (Å²) in [6.45, 7) is 5.00. The van der Waals surface area contributed by atoms with Gasteiger partial charge in [-0.15, -0.1) is 0 Å². The lowest BCUT2D eigenvalue weighted by molar-refractivity contribution is 0.356. The van der Waals surface area contributed by atoms with E-state index in [2.05, 4.69) is 43.8 Å². The molecular weight excluding hydrogens is 322 g/mol. The van der Waals surface area contributed by atoms with Crippen LogP contribution in [0, 0.1) is 0 Å². The quantitative estimate of drug-likeness (QED) is 0.890. The number of halogens is 2. The molecule has 0 saturated heterocycles. The van der Waals surface area contributed by atoms with Gasteiger partial charge in [0.1, 0.15) is 12.4 Å². The fourth-order valence-corrected chi connectivity index (χ4v) is 1.70. The van der Waals surface area contributed by atoms with Gasteiger partial charge in [-0.1, -0.05) is 38.4 Å². The molecule has 1 N–H and O–H groups in total. The minimum atomic E-state index is 0.484. The first-order chi connectivity index (χ1) is 7.13. The summed E-state index contributed by atoms with van der Waals surface area (Å²) in [4.78, 5) is 0. The van der Waals surface area contributed by atoms with Gasteiger partial charge in [-0.3, -0.25) is 0 Å². The van der Waals surface area contributed by atoms with Gasteiger partial charge in [0.2, 0.25) is 0 Å². The Morgan fingerprint density at radius 1 is 1.53 bits per heavy atom. The second-order valence-corrected chi connectivity index (χ2v) is 5.13. The zero-order valence-corrected chi connectivity index (χ0v) is 11.7. The molecule has 0 saturated carbocycles. The Morgan fingerprint density at radius 2 is 2.27 bits per heavy atom. The molecule has 0 unspecified atom stereocenters. The molecule has 1 aromatic carbocycles. The Kier molecular flexibility index (Phi) is 5.36. The van der Waals surface area contributed by atoms with Crippen molar-refractivity contribution in [3.05, 3.63) is 39.3 Å².